The van der Waals surface area contributed by atoms with Crippen molar-refractivity contribution in [2.75, 3.05) is 18.0 Å². The molecule has 1 aliphatic carbocycles. The van der Waals surface area contributed by atoms with Crippen LogP contribution in [0, 0.1) is 0 Å². The maximum atomic E-state index is 13.1. The van der Waals surface area contributed by atoms with E-state index in [1.54, 1.807) is 11.0 Å². The van der Waals surface area contributed by atoms with Crippen molar-refractivity contribution >= 4 is 45.0 Å². The van der Waals surface area contributed by atoms with E-state index in [1.165, 1.54) is 18.2 Å². The van der Waals surface area contributed by atoms with Gasteiger partial charge in [-0.15, -0.1) is 0 Å². The summed E-state index contributed by atoms with van der Waals surface area (Å²) in [4.78, 5) is 16.5. The van der Waals surface area contributed by atoms with Crippen LogP contribution in [0.2, 0.25) is 10.0 Å². The Hall–Kier alpha value is -2.16. The molecular weight excluding hydrogens is 497 g/mol. The van der Waals surface area contributed by atoms with E-state index < -0.39 is 10.1 Å². The SMILES string of the molecule is CCN(CC)c1ccc(CN(C(=O)NC(C)C)C2CC2)c(OS(=O)(=O)c2ccc(Cl)c(Cl)c2)c1. The van der Waals surface area contributed by atoms with Gasteiger partial charge < -0.3 is 19.3 Å². The molecule has 0 aromatic heterocycles. The fourth-order valence-electron chi connectivity index (χ4n) is 3.60. The number of halogens is 2. The highest BCUT2D eigenvalue weighted by molar-refractivity contribution is 7.87. The summed E-state index contributed by atoms with van der Waals surface area (Å²) in [5, 5.41) is 3.30. The topological polar surface area (TPSA) is 79.0 Å². The van der Waals surface area contributed by atoms with E-state index in [9.17, 15) is 13.2 Å². The van der Waals surface area contributed by atoms with Crippen LogP contribution >= 0.6 is 23.2 Å². The molecule has 1 saturated carbocycles. The molecule has 0 heterocycles. The van der Waals surface area contributed by atoms with Crippen LogP contribution in [0.5, 0.6) is 5.75 Å². The minimum absolute atomic E-state index is 0.00968. The Labute approximate surface area is 212 Å². The van der Waals surface area contributed by atoms with E-state index in [0.717, 1.165) is 31.6 Å². The standard InChI is InChI=1S/C24H31Cl2N3O4S/c1-5-28(6-2)19-8-7-17(15-29(18-9-10-18)24(30)27-16(3)4)23(13-19)33-34(31,32)20-11-12-21(25)22(26)14-20/h7-8,11-14,16,18H,5-6,9-10,15H2,1-4H3,(H,27,30). The van der Waals surface area contributed by atoms with E-state index in [-0.39, 0.29) is 45.3 Å². The second-order valence-electron chi connectivity index (χ2n) is 8.54. The molecule has 0 unspecified atom stereocenters. The lowest BCUT2D eigenvalue weighted by Gasteiger charge is -2.26. The molecule has 186 valence electrons. The van der Waals surface area contributed by atoms with E-state index in [2.05, 4.69) is 10.2 Å². The van der Waals surface area contributed by atoms with Crippen molar-refractivity contribution in [3.05, 3.63) is 52.0 Å². The lowest BCUT2D eigenvalue weighted by Crippen LogP contribution is -2.43. The van der Waals surface area contributed by atoms with Crippen LogP contribution in [0.15, 0.2) is 41.3 Å². The second kappa shape index (κ2) is 11.1. The zero-order chi connectivity index (χ0) is 25.0. The Kier molecular flexibility index (Phi) is 8.60. The first-order chi connectivity index (χ1) is 16.1. The Morgan fingerprint density at radius 2 is 1.76 bits per heavy atom. The van der Waals surface area contributed by atoms with Crippen LogP contribution in [0.25, 0.3) is 0 Å². The molecule has 7 nitrogen and oxygen atoms in total. The minimum atomic E-state index is -4.19. The number of hydrogen-bond donors (Lipinski definition) is 1. The summed E-state index contributed by atoms with van der Waals surface area (Å²) in [6.07, 6.45) is 1.83. The molecule has 0 radical (unpaired) electrons. The van der Waals surface area contributed by atoms with Crippen LogP contribution in [-0.2, 0) is 16.7 Å². The van der Waals surface area contributed by atoms with Gasteiger partial charge in [-0.2, -0.15) is 8.42 Å². The molecule has 2 aromatic rings. The number of nitrogens with zero attached hydrogens (tertiary/aromatic N) is 2. The van der Waals surface area contributed by atoms with Crippen molar-refractivity contribution in [2.45, 2.75) is 64.1 Å². The highest BCUT2D eigenvalue weighted by Crippen LogP contribution is 2.34. The molecule has 34 heavy (non-hydrogen) atoms. The third-order valence-electron chi connectivity index (χ3n) is 5.56. The predicted octanol–water partition coefficient (Wildman–Crippen LogP) is 5.69. The van der Waals surface area contributed by atoms with Gasteiger partial charge in [0, 0.05) is 42.5 Å². The normalized spacial score (nSPS) is 13.6. The molecule has 1 fully saturated rings. The number of carbonyl (C=O) groups is 1. The number of urea groups is 1. The Bertz CT molecular complexity index is 1130. The fraction of sp³-hybridized carbons (Fsp3) is 0.458. The summed E-state index contributed by atoms with van der Waals surface area (Å²) >= 11 is 12.0. The number of amides is 2. The summed E-state index contributed by atoms with van der Waals surface area (Å²) in [5.74, 6) is 0.179. The molecule has 2 aromatic carbocycles. The van der Waals surface area contributed by atoms with Crippen LogP contribution in [0.3, 0.4) is 0 Å². The number of anilines is 1. The summed E-state index contributed by atoms with van der Waals surface area (Å²) in [6.45, 7) is 9.58. The predicted molar refractivity (Wildman–Crippen MR) is 137 cm³/mol. The van der Waals surface area contributed by atoms with Crippen molar-refractivity contribution in [1.29, 1.82) is 0 Å². The third kappa shape index (κ3) is 6.49. The number of hydrogen-bond acceptors (Lipinski definition) is 5. The number of rotatable bonds is 10. The summed E-state index contributed by atoms with van der Waals surface area (Å²) in [5.41, 5.74) is 1.43. The lowest BCUT2D eigenvalue weighted by molar-refractivity contribution is 0.189. The molecule has 0 atom stereocenters. The molecule has 0 saturated heterocycles. The molecular formula is C24H31Cl2N3O4S. The third-order valence-corrected chi connectivity index (χ3v) is 7.53. The van der Waals surface area contributed by atoms with Crippen LogP contribution in [0.1, 0.15) is 46.1 Å². The smallest absolute Gasteiger partial charge is 0.339 e. The van der Waals surface area contributed by atoms with Gasteiger partial charge in [0.05, 0.1) is 16.6 Å². The van der Waals surface area contributed by atoms with Gasteiger partial charge in [-0.3, -0.25) is 0 Å². The largest absolute Gasteiger partial charge is 0.379 e. The number of carbonyl (C=O) groups excluding carboxylic acids is 1. The maximum absolute atomic E-state index is 13.1. The molecule has 1 N–H and O–H groups in total. The molecule has 10 heteroatoms. The van der Waals surface area contributed by atoms with Crippen LogP contribution < -0.4 is 14.4 Å². The zero-order valence-electron chi connectivity index (χ0n) is 19.8. The Balaban J connectivity index is 1.99. The van der Waals surface area contributed by atoms with Gasteiger partial charge in [0.25, 0.3) is 0 Å². The average molecular weight is 529 g/mol. The Morgan fingerprint density at radius 3 is 2.32 bits per heavy atom. The first-order valence-electron chi connectivity index (χ1n) is 11.4. The van der Waals surface area contributed by atoms with E-state index in [0.29, 0.717) is 5.56 Å². The van der Waals surface area contributed by atoms with Crippen LogP contribution in [0.4, 0.5) is 10.5 Å². The minimum Gasteiger partial charge on any atom is -0.379 e. The van der Waals surface area contributed by atoms with Crippen molar-refractivity contribution in [1.82, 2.24) is 10.2 Å². The van der Waals surface area contributed by atoms with Gasteiger partial charge in [-0.25, -0.2) is 4.79 Å². The first kappa shape index (κ1) is 26.4. The van der Waals surface area contributed by atoms with E-state index in [1.807, 2.05) is 39.8 Å². The molecule has 1 aliphatic rings. The van der Waals surface area contributed by atoms with E-state index in [4.69, 9.17) is 27.4 Å². The second-order valence-corrected chi connectivity index (χ2v) is 10.9. The van der Waals surface area contributed by atoms with Gasteiger partial charge in [-0.05, 0) is 64.8 Å². The monoisotopic (exact) mass is 527 g/mol. The van der Waals surface area contributed by atoms with Crippen molar-refractivity contribution in [3.8, 4) is 5.75 Å². The Morgan fingerprint density at radius 1 is 1.09 bits per heavy atom. The van der Waals surface area contributed by atoms with Crippen LogP contribution in [-0.4, -0.2) is 44.5 Å². The zero-order valence-corrected chi connectivity index (χ0v) is 22.2. The number of nitrogens with one attached hydrogen (secondary N) is 1. The van der Waals surface area contributed by atoms with Gasteiger partial charge in [-0.1, -0.05) is 29.3 Å². The highest BCUT2D eigenvalue weighted by Gasteiger charge is 2.34. The summed E-state index contributed by atoms with van der Waals surface area (Å²) < 4.78 is 31.9. The first-order valence-corrected chi connectivity index (χ1v) is 13.6. The number of benzene rings is 2. The fourth-order valence-corrected chi connectivity index (χ4v) is 4.95. The average Bonchev–Trinajstić information content (AvgIpc) is 3.60. The maximum Gasteiger partial charge on any atom is 0.339 e. The summed E-state index contributed by atoms with van der Waals surface area (Å²) in [6, 6.07) is 9.43. The molecule has 3 rings (SSSR count). The van der Waals surface area contributed by atoms with Gasteiger partial charge in [0.1, 0.15) is 10.6 Å². The van der Waals surface area contributed by atoms with Gasteiger partial charge in [0.2, 0.25) is 0 Å². The lowest BCUT2D eigenvalue weighted by atomic mass is 10.1. The van der Waals surface area contributed by atoms with Crippen molar-refractivity contribution < 1.29 is 17.4 Å². The molecule has 0 bridgehead atoms. The van der Waals surface area contributed by atoms with Crippen molar-refractivity contribution in [3.63, 3.8) is 0 Å². The molecule has 2 amide bonds. The highest BCUT2D eigenvalue weighted by atomic mass is 35.5. The summed E-state index contributed by atoms with van der Waals surface area (Å²) in [7, 11) is -4.19. The van der Waals surface area contributed by atoms with Crippen molar-refractivity contribution in [2.24, 2.45) is 0 Å². The quantitative estimate of drug-likeness (QED) is 0.401. The molecule has 0 spiro atoms. The van der Waals surface area contributed by atoms with Gasteiger partial charge in [0.15, 0.2) is 0 Å². The van der Waals surface area contributed by atoms with Gasteiger partial charge >= 0.3 is 16.1 Å². The van der Waals surface area contributed by atoms with E-state index >= 15 is 0 Å². The molecule has 0 aliphatic heterocycles.